The molecule has 0 aromatic heterocycles. The lowest BCUT2D eigenvalue weighted by atomic mass is 10.1. The summed E-state index contributed by atoms with van der Waals surface area (Å²) in [5.41, 5.74) is 0.526. The van der Waals surface area contributed by atoms with Gasteiger partial charge in [-0.05, 0) is 25.0 Å². The average molecular weight is 367 g/mol. The zero-order valence-corrected chi connectivity index (χ0v) is 15.5. The van der Waals surface area contributed by atoms with Crippen LogP contribution < -0.4 is 10.6 Å². The summed E-state index contributed by atoms with van der Waals surface area (Å²) in [4.78, 5) is 12.4. The van der Waals surface area contributed by atoms with Gasteiger partial charge in [-0.25, -0.2) is 0 Å². The molecule has 2 rings (SSSR count). The van der Waals surface area contributed by atoms with Crippen molar-refractivity contribution >= 4 is 22.4 Å². The van der Waals surface area contributed by atoms with E-state index in [0.29, 0.717) is 29.6 Å². The van der Waals surface area contributed by atoms with Crippen molar-refractivity contribution in [2.45, 2.75) is 26.2 Å². The van der Waals surface area contributed by atoms with Crippen molar-refractivity contribution in [1.82, 2.24) is 5.32 Å². The molecule has 1 amide bonds. The Morgan fingerprint density at radius 3 is 2.70 bits per heavy atom. The van der Waals surface area contributed by atoms with Crippen LogP contribution in [0.3, 0.4) is 0 Å². The molecule has 0 radical (unpaired) electrons. The molecule has 27 heavy (non-hydrogen) atoms. The Bertz CT molecular complexity index is 840. The minimum atomic E-state index is -0.500. The number of anilines is 1. The Labute approximate surface area is 159 Å². The van der Waals surface area contributed by atoms with Crippen molar-refractivity contribution in [3.05, 3.63) is 48.2 Å². The molecule has 6 nitrogen and oxygen atoms in total. The third-order valence-corrected chi connectivity index (χ3v) is 4.01. The van der Waals surface area contributed by atoms with E-state index in [0.717, 1.165) is 25.9 Å². The highest BCUT2D eigenvalue weighted by Crippen LogP contribution is 2.29. The molecule has 0 heterocycles. The Morgan fingerprint density at radius 2 is 1.93 bits per heavy atom. The van der Waals surface area contributed by atoms with Gasteiger partial charge in [-0.3, -0.25) is 4.79 Å². The Morgan fingerprint density at radius 1 is 1.19 bits per heavy atom. The molecule has 6 heteroatoms. The number of ether oxygens (including phenoxy) is 1. The number of unbranched alkanes of at least 4 members (excludes halogenated alkanes) is 1. The first-order valence-electron chi connectivity index (χ1n) is 9.10. The van der Waals surface area contributed by atoms with Gasteiger partial charge in [0.2, 0.25) is 0 Å². The topological polar surface area (TPSA) is 94.4 Å². The van der Waals surface area contributed by atoms with E-state index >= 15 is 0 Å². The molecule has 0 bridgehead atoms. The number of hydrogen-bond acceptors (Lipinski definition) is 5. The zero-order chi connectivity index (χ0) is 19.5. The van der Waals surface area contributed by atoms with Crippen molar-refractivity contribution in [2.75, 3.05) is 25.1 Å². The third kappa shape index (κ3) is 6.01. The van der Waals surface area contributed by atoms with Gasteiger partial charge in [-0.2, -0.15) is 5.26 Å². The van der Waals surface area contributed by atoms with Crippen molar-refractivity contribution in [1.29, 1.82) is 5.26 Å². The number of fused-ring (bicyclic) bond motifs is 1. The zero-order valence-electron chi connectivity index (χ0n) is 15.5. The van der Waals surface area contributed by atoms with E-state index in [9.17, 15) is 15.2 Å². The molecular weight excluding hydrogens is 342 g/mol. The number of carbonyl (C=O) groups excluding carboxylic acids is 1. The molecule has 0 atom stereocenters. The van der Waals surface area contributed by atoms with E-state index in [-0.39, 0.29) is 11.3 Å². The lowest BCUT2D eigenvalue weighted by Gasteiger charge is -2.09. The van der Waals surface area contributed by atoms with Gasteiger partial charge in [0.25, 0.3) is 5.91 Å². The summed E-state index contributed by atoms with van der Waals surface area (Å²) < 4.78 is 5.46. The van der Waals surface area contributed by atoms with Crippen LogP contribution in [0.5, 0.6) is 5.75 Å². The third-order valence-electron chi connectivity index (χ3n) is 4.01. The summed E-state index contributed by atoms with van der Waals surface area (Å²) in [6.07, 6.45) is 4.38. The SMILES string of the molecule is CCCCOCCCN/C=C(/C#N)C(=O)Nc1cccc2c(O)cccc12. The van der Waals surface area contributed by atoms with Gasteiger partial charge in [0.1, 0.15) is 17.4 Å². The van der Waals surface area contributed by atoms with Gasteiger partial charge in [-0.15, -0.1) is 0 Å². The second kappa shape index (κ2) is 10.8. The average Bonchev–Trinajstić information content (AvgIpc) is 2.67. The number of nitriles is 1. The number of nitrogens with zero attached hydrogens (tertiary/aromatic N) is 1. The molecule has 2 aromatic carbocycles. The Kier molecular flexibility index (Phi) is 8.14. The summed E-state index contributed by atoms with van der Waals surface area (Å²) in [6, 6.07) is 12.2. The lowest BCUT2D eigenvalue weighted by molar-refractivity contribution is -0.112. The van der Waals surface area contributed by atoms with Crippen LogP contribution in [0.1, 0.15) is 26.2 Å². The Hall–Kier alpha value is -3.04. The minimum Gasteiger partial charge on any atom is -0.507 e. The summed E-state index contributed by atoms with van der Waals surface area (Å²) in [7, 11) is 0. The van der Waals surface area contributed by atoms with Gasteiger partial charge in [0.05, 0.1) is 0 Å². The smallest absolute Gasteiger partial charge is 0.267 e. The second-order valence-electron chi connectivity index (χ2n) is 6.08. The fourth-order valence-electron chi connectivity index (χ4n) is 2.54. The second-order valence-corrected chi connectivity index (χ2v) is 6.08. The fraction of sp³-hybridized carbons (Fsp3) is 0.333. The van der Waals surface area contributed by atoms with Crippen molar-refractivity contribution < 1.29 is 14.6 Å². The van der Waals surface area contributed by atoms with Gasteiger partial charge in [0, 0.05) is 42.4 Å². The van der Waals surface area contributed by atoms with Gasteiger partial charge in [-0.1, -0.05) is 37.6 Å². The molecule has 3 N–H and O–H groups in total. The first kappa shape index (κ1) is 20.3. The van der Waals surface area contributed by atoms with Gasteiger partial charge in [0.15, 0.2) is 0 Å². The normalized spacial score (nSPS) is 11.2. The summed E-state index contributed by atoms with van der Waals surface area (Å²) >= 11 is 0. The van der Waals surface area contributed by atoms with Crippen LogP contribution in [0.25, 0.3) is 10.8 Å². The van der Waals surface area contributed by atoms with Crippen LogP contribution in [0.2, 0.25) is 0 Å². The van der Waals surface area contributed by atoms with Crippen LogP contribution in [-0.2, 0) is 9.53 Å². The molecule has 142 valence electrons. The summed E-state index contributed by atoms with van der Waals surface area (Å²) in [6.45, 7) is 4.14. The van der Waals surface area contributed by atoms with Crippen molar-refractivity contribution in [2.24, 2.45) is 0 Å². The van der Waals surface area contributed by atoms with E-state index in [1.807, 2.05) is 6.07 Å². The summed E-state index contributed by atoms with van der Waals surface area (Å²) in [5.74, 6) is -0.359. The quantitative estimate of drug-likeness (QED) is 0.338. The molecule has 0 aliphatic rings. The number of rotatable bonds is 10. The molecule has 2 aromatic rings. The molecular formula is C21H25N3O3. The number of aromatic hydroxyl groups is 1. The molecule has 0 aliphatic carbocycles. The maximum Gasteiger partial charge on any atom is 0.267 e. The van der Waals surface area contributed by atoms with Crippen LogP contribution in [0, 0.1) is 11.3 Å². The monoisotopic (exact) mass is 367 g/mol. The minimum absolute atomic E-state index is 0.0148. The van der Waals surface area contributed by atoms with E-state index < -0.39 is 5.91 Å². The molecule has 0 saturated carbocycles. The number of benzene rings is 2. The molecule has 0 fully saturated rings. The van der Waals surface area contributed by atoms with Crippen LogP contribution in [0.4, 0.5) is 5.69 Å². The number of amides is 1. The molecule has 0 aliphatic heterocycles. The van der Waals surface area contributed by atoms with Crippen molar-refractivity contribution in [3.63, 3.8) is 0 Å². The first-order chi connectivity index (χ1) is 13.2. The van der Waals surface area contributed by atoms with Crippen molar-refractivity contribution in [3.8, 4) is 11.8 Å². The fourth-order valence-corrected chi connectivity index (χ4v) is 2.54. The van der Waals surface area contributed by atoms with Gasteiger partial charge >= 0.3 is 0 Å². The molecule has 0 unspecified atom stereocenters. The first-order valence-corrected chi connectivity index (χ1v) is 9.10. The molecule has 0 spiro atoms. The lowest BCUT2D eigenvalue weighted by Crippen LogP contribution is -2.18. The summed E-state index contributed by atoms with van der Waals surface area (Å²) in [5, 5.41) is 26.2. The van der Waals surface area contributed by atoms with E-state index in [1.54, 1.807) is 36.4 Å². The number of nitrogens with one attached hydrogen (secondary N) is 2. The van der Waals surface area contributed by atoms with E-state index in [1.165, 1.54) is 6.20 Å². The van der Waals surface area contributed by atoms with Crippen LogP contribution >= 0.6 is 0 Å². The highest BCUT2D eigenvalue weighted by atomic mass is 16.5. The number of phenols is 1. The Balaban J connectivity index is 1.92. The van der Waals surface area contributed by atoms with Crippen LogP contribution in [-0.4, -0.2) is 30.8 Å². The number of carbonyl (C=O) groups is 1. The van der Waals surface area contributed by atoms with Crippen LogP contribution in [0.15, 0.2) is 48.2 Å². The largest absolute Gasteiger partial charge is 0.507 e. The number of phenolic OH excluding ortho intramolecular Hbond substituents is 1. The molecule has 0 saturated heterocycles. The maximum atomic E-state index is 12.4. The highest BCUT2D eigenvalue weighted by Gasteiger charge is 2.11. The number of hydrogen-bond donors (Lipinski definition) is 3. The van der Waals surface area contributed by atoms with E-state index in [2.05, 4.69) is 17.6 Å². The standard InChI is InChI=1S/C21H25N3O3/c1-2-3-12-27-13-6-11-23-15-16(14-22)21(26)24-19-9-4-8-18-17(19)7-5-10-20(18)25/h4-5,7-10,15,23,25H,2-3,6,11-13H2,1H3,(H,24,26)/b16-15-. The predicted octanol–water partition coefficient (Wildman–Crippen LogP) is 3.69. The highest BCUT2D eigenvalue weighted by molar-refractivity contribution is 6.11. The maximum absolute atomic E-state index is 12.4. The van der Waals surface area contributed by atoms with E-state index in [4.69, 9.17) is 4.74 Å². The predicted molar refractivity (Wildman–Crippen MR) is 106 cm³/mol. The van der Waals surface area contributed by atoms with Gasteiger partial charge < -0.3 is 20.5 Å².